The molecular formula is C25H39F2NO3. The van der Waals surface area contributed by atoms with Crippen molar-refractivity contribution in [3.05, 3.63) is 0 Å². The lowest BCUT2D eigenvalue weighted by molar-refractivity contribution is -0.160. The fraction of sp³-hybridized carbons (Fsp3) is 0.960. The average Bonchev–Trinajstić information content (AvgIpc) is 3.11. The first-order chi connectivity index (χ1) is 14.8. The largest absolute Gasteiger partial charge is 0.384 e. The number of hydrogen-bond acceptors (Lipinski definition) is 4. The number of Topliss-reactive ketones (excluding diaryl/α,β-unsaturated/α-hetero) is 1. The highest BCUT2D eigenvalue weighted by atomic mass is 19.3. The molecule has 0 amide bonds. The fourth-order valence-electron chi connectivity index (χ4n) is 8.73. The Kier molecular flexibility index (Phi) is 5.96. The lowest BCUT2D eigenvalue weighted by atomic mass is 9.49. The summed E-state index contributed by atoms with van der Waals surface area (Å²) in [6.45, 7) is 6.12. The molecule has 6 heteroatoms. The maximum atomic E-state index is 13.4. The van der Waals surface area contributed by atoms with E-state index in [4.69, 9.17) is 4.74 Å². The topological polar surface area (TPSA) is 49.8 Å². The van der Waals surface area contributed by atoms with Crippen molar-refractivity contribution in [2.24, 2.45) is 40.9 Å². The maximum absolute atomic E-state index is 13.4. The minimum atomic E-state index is -2.63. The number of ketones is 1. The Labute approximate surface area is 185 Å². The van der Waals surface area contributed by atoms with Crippen LogP contribution >= 0.6 is 0 Å². The summed E-state index contributed by atoms with van der Waals surface area (Å²) in [4.78, 5) is 15.6. The maximum Gasteiger partial charge on any atom is 0.266 e. The number of carbonyl (C=O) groups excluding carboxylic acids is 1. The van der Waals surface area contributed by atoms with Crippen LogP contribution in [0.5, 0.6) is 0 Å². The first-order valence-corrected chi connectivity index (χ1v) is 12.7. The summed E-state index contributed by atoms with van der Waals surface area (Å²) in [6.07, 6.45) is 5.11. The smallest absolute Gasteiger partial charge is 0.266 e. The van der Waals surface area contributed by atoms with Gasteiger partial charge < -0.3 is 9.84 Å². The van der Waals surface area contributed by atoms with E-state index >= 15 is 0 Å². The number of carbonyl (C=O) groups is 1. The number of halogens is 2. The SMILES string of the molecule is C[C@]12CC[C@H]3[C@@H](CC[C@H]4C[C@@](O)(C(F)F)CC[C@@H]43)[C@@H]1CC[C@@H]2C(=O)CN1CCOCC1. The van der Waals surface area contributed by atoms with Crippen LogP contribution in [0.2, 0.25) is 0 Å². The second-order valence-corrected chi connectivity index (χ2v) is 11.6. The van der Waals surface area contributed by atoms with E-state index in [2.05, 4.69) is 11.8 Å². The number of hydrogen-bond donors (Lipinski definition) is 1. The molecule has 1 saturated heterocycles. The zero-order valence-electron chi connectivity index (χ0n) is 18.9. The van der Waals surface area contributed by atoms with Gasteiger partial charge in [-0.05, 0) is 92.8 Å². The van der Waals surface area contributed by atoms with E-state index in [0.717, 1.165) is 71.2 Å². The Hall–Kier alpha value is -0.590. The Balaban J connectivity index is 1.26. The van der Waals surface area contributed by atoms with Gasteiger partial charge in [-0.3, -0.25) is 9.69 Å². The van der Waals surface area contributed by atoms with Gasteiger partial charge in [-0.15, -0.1) is 0 Å². The van der Waals surface area contributed by atoms with Gasteiger partial charge in [-0.1, -0.05) is 6.92 Å². The van der Waals surface area contributed by atoms with E-state index in [9.17, 15) is 18.7 Å². The summed E-state index contributed by atoms with van der Waals surface area (Å²) in [6, 6.07) is 0. The quantitative estimate of drug-likeness (QED) is 0.715. The van der Waals surface area contributed by atoms with Gasteiger partial charge in [-0.2, -0.15) is 0 Å². The first-order valence-electron chi connectivity index (χ1n) is 12.7. The molecule has 4 nitrogen and oxygen atoms in total. The second-order valence-electron chi connectivity index (χ2n) is 11.6. The molecule has 0 unspecified atom stereocenters. The van der Waals surface area contributed by atoms with Crippen molar-refractivity contribution in [1.29, 1.82) is 0 Å². The van der Waals surface area contributed by atoms with Crippen LogP contribution in [0.1, 0.15) is 64.7 Å². The zero-order valence-corrected chi connectivity index (χ0v) is 18.9. The van der Waals surface area contributed by atoms with E-state index in [1.165, 1.54) is 0 Å². The number of nitrogens with zero attached hydrogens (tertiary/aromatic N) is 1. The molecule has 0 radical (unpaired) electrons. The zero-order chi connectivity index (χ0) is 21.8. The van der Waals surface area contributed by atoms with Gasteiger partial charge in [0.15, 0.2) is 0 Å². The van der Waals surface area contributed by atoms with E-state index < -0.39 is 12.0 Å². The summed E-state index contributed by atoms with van der Waals surface area (Å²) < 4.78 is 32.3. The van der Waals surface area contributed by atoms with Gasteiger partial charge in [0, 0.05) is 19.0 Å². The molecule has 0 aromatic carbocycles. The molecule has 176 valence electrons. The Morgan fingerprint density at radius 2 is 1.77 bits per heavy atom. The Morgan fingerprint density at radius 1 is 1.03 bits per heavy atom. The highest BCUT2D eigenvalue weighted by molar-refractivity contribution is 5.84. The molecule has 5 fully saturated rings. The minimum Gasteiger partial charge on any atom is -0.384 e. The molecule has 0 aromatic heterocycles. The molecular weight excluding hydrogens is 400 g/mol. The third kappa shape index (κ3) is 3.78. The molecule has 5 rings (SSSR count). The minimum absolute atomic E-state index is 0.107. The van der Waals surface area contributed by atoms with Crippen molar-refractivity contribution in [3.8, 4) is 0 Å². The molecule has 0 bridgehead atoms. The van der Waals surface area contributed by atoms with Gasteiger partial charge in [0.25, 0.3) is 6.43 Å². The van der Waals surface area contributed by atoms with E-state index in [0.29, 0.717) is 36.0 Å². The highest BCUT2D eigenvalue weighted by Gasteiger charge is 2.59. The average molecular weight is 440 g/mol. The van der Waals surface area contributed by atoms with Crippen molar-refractivity contribution in [1.82, 2.24) is 4.90 Å². The van der Waals surface area contributed by atoms with Gasteiger partial charge >= 0.3 is 0 Å². The van der Waals surface area contributed by atoms with Crippen LogP contribution in [-0.2, 0) is 9.53 Å². The Morgan fingerprint density at radius 3 is 2.52 bits per heavy atom. The van der Waals surface area contributed by atoms with Crippen molar-refractivity contribution in [2.45, 2.75) is 76.7 Å². The number of aliphatic hydroxyl groups is 1. The molecule has 1 N–H and O–H groups in total. The molecule has 4 saturated carbocycles. The van der Waals surface area contributed by atoms with E-state index in [-0.39, 0.29) is 30.1 Å². The monoisotopic (exact) mass is 439 g/mol. The normalized spacial score (nSPS) is 48.2. The lowest BCUT2D eigenvalue weighted by Gasteiger charge is -2.57. The number of alkyl halides is 2. The van der Waals surface area contributed by atoms with E-state index in [1.54, 1.807) is 0 Å². The van der Waals surface area contributed by atoms with Gasteiger partial charge in [0.05, 0.1) is 19.8 Å². The molecule has 1 aliphatic heterocycles. The summed E-state index contributed by atoms with van der Waals surface area (Å²) in [5.41, 5.74) is -1.66. The molecule has 31 heavy (non-hydrogen) atoms. The third-order valence-electron chi connectivity index (χ3n) is 10.3. The van der Waals surface area contributed by atoms with Crippen LogP contribution < -0.4 is 0 Å². The second kappa shape index (κ2) is 8.32. The standard InChI is InChI=1S/C25H39F2NO3/c1-24-8-6-18-17-7-9-25(30,23(26)27)14-16(17)2-3-19(18)20(24)4-5-21(24)22(29)15-28-10-12-31-13-11-28/h16-21,23,30H,2-15H2,1H3/t16-,17-,18+,19+,20-,21+,24-,25+/m0/s1. The predicted molar refractivity (Wildman–Crippen MR) is 114 cm³/mol. The number of fused-ring (bicyclic) bond motifs is 5. The van der Waals surface area contributed by atoms with Crippen LogP contribution in [0.3, 0.4) is 0 Å². The van der Waals surface area contributed by atoms with Crippen molar-refractivity contribution in [3.63, 3.8) is 0 Å². The number of rotatable bonds is 4. The number of ether oxygens (including phenoxy) is 1. The summed E-state index contributed by atoms with van der Waals surface area (Å²) in [5.74, 6) is 3.18. The molecule has 8 atom stereocenters. The van der Waals surface area contributed by atoms with Crippen LogP contribution in [0.4, 0.5) is 8.78 Å². The van der Waals surface area contributed by atoms with Gasteiger partial charge in [-0.25, -0.2) is 8.78 Å². The third-order valence-corrected chi connectivity index (χ3v) is 10.3. The first kappa shape index (κ1) is 22.2. The van der Waals surface area contributed by atoms with Crippen molar-refractivity contribution >= 4 is 5.78 Å². The molecule has 0 spiro atoms. The van der Waals surface area contributed by atoms with Crippen LogP contribution in [0.15, 0.2) is 0 Å². The van der Waals surface area contributed by atoms with Crippen LogP contribution in [0, 0.1) is 40.9 Å². The lowest BCUT2D eigenvalue weighted by Crippen LogP contribution is -2.53. The summed E-state index contributed by atoms with van der Waals surface area (Å²) >= 11 is 0. The molecule has 4 aliphatic carbocycles. The fourth-order valence-corrected chi connectivity index (χ4v) is 8.73. The van der Waals surface area contributed by atoms with Crippen molar-refractivity contribution in [2.75, 3.05) is 32.8 Å². The summed E-state index contributed by atoms with van der Waals surface area (Å²) in [5, 5.41) is 10.4. The highest BCUT2D eigenvalue weighted by Crippen LogP contribution is 2.64. The van der Waals surface area contributed by atoms with Gasteiger partial charge in [0.1, 0.15) is 11.4 Å². The van der Waals surface area contributed by atoms with Gasteiger partial charge in [0.2, 0.25) is 0 Å². The molecule has 0 aromatic rings. The van der Waals surface area contributed by atoms with E-state index in [1.807, 2.05) is 0 Å². The summed E-state index contributed by atoms with van der Waals surface area (Å²) in [7, 11) is 0. The number of morpholine rings is 1. The van der Waals surface area contributed by atoms with Crippen LogP contribution in [-0.4, -0.2) is 60.7 Å². The van der Waals surface area contributed by atoms with Crippen molar-refractivity contribution < 1.29 is 23.4 Å². The Bertz CT molecular complexity index is 684. The predicted octanol–water partition coefficient (Wildman–Crippen LogP) is 4.15. The van der Waals surface area contributed by atoms with Crippen LogP contribution in [0.25, 0.3) is 0 Å². The molecule has 1 heterocycles. The molecule has 5 aliphatic rings.